The first-order valence-corrected chi connectivity index (χ1v) is 17.3. The average Bonchev–Trinajstić information content (AvgIpc) is 3.17. The van der Waals surface area contributed by atoms with Crippen LogP contribution in [-0.2, 0) is 0 Å². The van der Waals surface area contributed by atoms with Crippen LogP contribution in [0.1, 0.15) is 11.1 Å². The van der Waals surface area contributed by atoms with Crippen LogP contribution in [0, 0.1) is 13.8 Å². The third-order valence-corrected chi connectivity index (χ3v) is 10.2. The molecule has 0 unspecified atom stereocenters. The minimum atomic E-state index is 0.981. The normalized spacial score (nSPS) is 11.4. The van der Waals surface area contributed by atoms with Crippen LogP contribution in [0.5, 0.6) is 0 Å². The summed E-state index contributed by atoms with van der Waals surface area (Å²) in [6.07, 6.45) is 1.91. The standard InChI is InChI=1S/C49H35N/c1-32-13-12-14-33(2)47(32)44-27-28-45(39-18-7-6-17-38(39)44)49-42-21-10-8-19-40(42)48(41-20-9-11-22-43(41)49)36-25-23-34(24-26-36)37-29-30-50-46(31-37)35-15-4-3-5-16-35/h3-31H,1-2H3. The summed E-state index contributed by atoms with van der Waals surface area (Å²) in [6, 6.07) is 61.8. The molecular formula is C49H35N. The molecule has 0 saturated heterocycles. The molecule has 0 radical (unpaired) electrons. The Labute approximate surface area is 293 Å². The van der Waals surface area contributed by atoms with Gasteiger partial charge in [-0.3, -0.25) is 4.98 Å². The van der Waals surface area contributed by atoms with E-state index in [1.807, 2.05) is 12.3 Å². The monoisotopic (exact) mass is 637 g/mol. The van der Waals surface area contributed by atoms with Crippen molar-refractivity contribution < 1.29 is 0 Å². The molecule has 0 spiro atoms. The molecule has 1 heteroatoms. The van der Waals surface area contributed by atoms with Crippen LogP contribution < -0.4 is 0 Å². The van der Waals surface area contributed by atoms with E-state index in [1.165, 1.54) is 82.4 Å². The highest BCUT2D eigenvalue weighted by Gasteiger charge is 2.19. The van der Waals surface area contributed by atoms with E-state index in [0.29, 0.717) is 0 Å². The lowest BCUT2D eigenvalue weighted by atomic mass is 9.83. The Morgan fingerprint density at radius 3 is 1.38 bits per heavy atom. The molecule has 1 aromatic heterocycles. The number of hydrogen-bond acceptors (Lipinski definition) is 1. The second-order valence-corrected chi connectivity index (χ2v) is 13.2. The highest BCUT2D eigenvalue weighted by molar-refractivity contribution is 6.24. The highest BCUT2D eigenvalue weighted by Crippen LogP contribution is 2.47. The quantitative estimate of drug-likeness (QED) is 0.171. The first kappa shape index (κ1) is 29.8. The Morgan fingerprint density at radius 1 is 0.320 bits per heavy atom. The summed E-state index contributed by atoms with van der Waals surface area (Å²) in [5, 5.41) is 7.59. The second kappa shape index (κ2) is 12.3. The van der Waals surface area contributed by atoms with Crippen molar-refractivity contribution in [1.29, 1.82) is 0 Å². The molecule has 0 aliphatic heterocycles. The number of rotatable bonds is 5. The fourth-order valence-electron chi connectivity index (χ4n) is 7.91. The number of nitrogens with zero attached hydrogens (tertiary/aromatic N) is 1. The first-order chi connectivity index (χ1) is 24.7. The lowest BCUT2D eigenvalue weighted by molar-refractivity contribution is 1.33. The van der Waals surface area contributed by atoms with Crippen LogP contribution in [0.25, 0.3) is 88.1 Å². The lowest BCUT2D eigenvalue weighted by Crippen LogP contribution is -1.94. The molecule has 0 aliphatic rings. The summed E-state index contributed by atoms with van der Waals surface area (Å²) in [5.74, 6) is 0. The van der Waals surface area contributed by atoms with Gasteiger partial charge in [-0.2, -0.15) is 0 Å². The Morgan fingerprint density at radius 2 is 0.800 bits per heavy atom. The van der Waals surface area contributed by atoms with Gasteiger partial charge in [0, 0.05) is 11.8 Å². The Kier molecular flexibility index (Phi) is 7.33. The van der Waals surface area contributed by atoms with Crippen LogP contribution in [0.15, 0.2) is 176 Å². The second-order valence-electron chi connectivity index (χ2n) is 13.2. The smallest absolute Gasteiger partial charge is 0.0708 e. The Bertz CT molecular complexity index is 2630. The fourth-order valence-corrected chi connectivity index (χ4v) is 7.91. The van der Waals surface area contributed by atoms with Gasteiger partial charge in [-0.15, -0.1) is 0 Å². The lowest BCUT2D eigenvalue weighted by Gasteiger charge is -2.20. The van der Waals surface area contributed by atoms with E-state index in [-0.39, 0.29) is 0 Å². The third kappa shape index (κ3) is 4.98. The molecule has 1 heterocycles. The SMILES string of the molecule is Cc1cccc(C)c1-c1ccc(-c2c3ccccc3c(-c3ccc(-c4ccnc(-c5ccccc5)c4)cc3)c3ccccc23)c2ccccc12. The van der Waals surface area contributed by atoms with Crippen molar-refractivity contribution in [3.05, 3.63) is 187 Å². The first-order valence-electron chi connectivity index (χ1n) is 17.3. The molecule has 0 aliphatic carbocycles. The van der Waals surface area contributed by atoms with Crippen molar-refractivity contribution in [2.75, 3.05) is 0 Å². The molecule has 0 N–H and O–H groups in total. The summed E-state index contributed by atoms with van der Waals surface area (Å²) in [5.41, 5.74) is 14.7. The molecule has 0 saturated carbocycles. The third-order valence-electron chi connectivity index (χ3n) is 10.2. The molecule has 50 heavy (non-hydrogen) atoms. The Balaban J connectivity index is 1.23. The van der Waals surface area contributed by atoms with Gasteiger partial charge >= 0.3 is 0 Å². The maximum Gasteiger partial charge on any atom is 0.0708 e. The van der Waals surface area contributed by atoms with Gasteiger partial charge in [-0.05, 0) is 114 Å². The summed E-state index contributed by atoms with van der Waals surface area (Å²) in [7, 11) is 0. The minimum Gasteiger partial charge on any atom is -0.256 e. The molecule has 9 rings (SSSR count). The Hall–Kier alpha value is -6.31. The van der Waals surface area contributed by atoms with E-state index in [0.717, 1.165) is 16.8 Å². The van der Waals surface area contributed by atoms with Gasteiger partial charge in [0.1, 0.15) is 0 Å². The molecule has 236 valence electrons. The zero-order valence-corrected chi connectivity index (χ0v) is 28.2. The van der Waals surface area contributed by atoms with E-state index < -0.39 is 0 Å². The molecule has 1 nitrogen and oxygen atoms in total. The molecular weight excluding hydrogens is 603 g/mol. The summed E-state index contributed by atoms with van der Waals surface area (Å²) in [4.78, 5) is 4.65. The molecule has 0 atom stereocenters. The number of aryl methyl sites for hydroxylation is 2. The molecule has 0 bridgehead atoms. The predicted octanol–water partition coefficient (Wildman–Crippen LogP) is 13.5. The van der Waals surface area contributed by atoms with Crippen LogP contribution in [0.4, 0.5) is 0 Å². The largest absolute Gasteiger partial charge is 0.256 e. The maximum atomic E-state index is 4.65. The molecule has 9 aromatic rings. The number of fused-ring (bicyclic) bond motifs is 3. The summed E-state index contributed by atoms with van der Waals surface area (Å²) in [6.45, 7) is 4.44. The van der Waals surface area contributed by atoms with Gasteiger partial charge < -0.3 is 0 Å². The predicted molar refractivity (Wildman–Crippen MR) is 213 cm³/mol. The van der Waals surface area contributed by atoms with Gasteiger partial charge in [0.2, 0.25) is 0 Å². The summed E-state index contributed by atoms with van der Waals surface area (Å²) >= 11 is 0. The molecule has 0 amide bonds. The topological polar surface area (TPSA) is 12.9 Å². The summed E-state index contributed by atoms with van der Waals surface area (Å²) < 4.78 is 0. The van der Waals surface area contributed by atoms with Crippen molar-refractivity contribution >= 4 is 32.3 Å². The zero-order valence-electron chi connectivity index (χ0n) is 28.2. The average molecular weight is 638 g/mol. The van der Waals surface area contributed by atoms with Crippen molar-refractivity contribution in [3.8, 4) is 55.8 Å². The van der Waals surface area contributed by atoms with E-state index in [2.05, 4.69) is 183 Å². The number of hydrogen-bond donors (Lipinski definition) is 0. The van der Waals surface area contributed by atoms with Gasteiger partial charge in [0.15, 0.2) is 0 Å². The molecule has 0 fully saturated rings. The molecule has 8 aromatic carbocycles. The number of aromatic nitrogens is 1. The van der Waals surface area contributed by atoms with E-state index in [9.17, 15) is 0 Å². The van der Waals surface area contributed by atoms with Crippen molar-refractivity contribution in [2.45, 2.75) is 13.8 Å². The van der Waals surface area contributed by atoms with Gasteiger partial charge in [0.25, 0.3) is 0 Å². The van der Waals surface area contributed by atoms with Crippen LogP contribution in [0.3, 0.4) is 0 Å². The maximum absolute atomic E-state index is 4.65. The van der Waals surface area contributed by atoms with Gasteiger partial charge in [0.05, 0.1) is 5.69 Å². The zero-order chi connectivity index (χ0) is 33.6. The van der Waals surface area contributed by atoms with E-state index in [4.69, 9.17) is 0 Å². The number of pyridine rings is 1. The van der Waals surface area contributed by atoms with Crippen molar-refractivity contribution in [1.82, 2.24) is 4.98 Å². The van der Waals surface area contributed by atoms with Crippen LogP contribution in [0.2, 0.25) is 0 Å². The van der Waals surface area contributed by atoms with E-state index in [1.54, 1.807) is 0 Å². The van der Waals surface area contributed by atoms with E-state index >= 15 is 0 Å². The highest BCUT2D eigenvalue weighted by atomic mass is 14.7. The number of benzene rings is 8. The van der Waals surface area contributed by atoms with Crippen LogP contribution >= 0.6 is 0 Å². The minimum absolute atomic E-state index is 0.981. The van der Waals surface area contributed by atoms with Gasteiger partial charge in [-0.1, -0.05) is 158 Å². The van der Waals surface area contributed by atoms with Crippen molar-refractivity contribution in [3.63, 3.8) is 0 Å². The van der Waals surface area contributed by atoms with Crippen LogP contribution in [-0.4, -0.2) is 4.98 Å². The fraction of sp³-hybridized carbons (Fsp3) is 0.0408. The van der Waals surface area contributed by atoms with Crippen molar-refractivity contribution in [2.24, 2.45) is 0 Å². The van der Waals surface area contributed by atoms with Gasteiger partial charge in [-0.25, -0.2) is 0 Å².